The van der Waals surface area contributed by atoms with Crippen molar-refractivity contribution in [2.45, 2.75) is 24.8 Å². The van der Waals surface area contributed by atoms with Crippen molar-refractivity contribution in [1.29, 1.82) is 0 Å². The van der Waals surface area contributed by atoms with E-state index < -0.39 is 0 Å². The molecule has 0 N–H and O–H groups in total. The van der Waals surface area contributed by atoms with Gasteiger partial charge in [-0.2, -0.15) is 0 Å². The number of hydrogen-bond acceptors (Lipinski definition) is 4. The van der Waals surface area contributed by atoms with Gasteiger partial charge in [0, 0.05) is 25.3 Å². The first kappa shape index (κ1) is 12.9. The first-order valence-electron chi connectivity index (χ1n) is 5.58. The summed E-state index contributed by atoms with van der Waals surface area (Å²) in [6.45, 7) is 1.47. The monoisotopic (exact) mass is 275 g/mol. The highest BCUT2D eigenvalue weighted by Gasteiger charge is 2.31. The molecule has 0 radical (unpaired) electrons. The van der Waals surface area contributed by atoms with Crippen LogP contribution in [0.4, 0.5) is 5.82 Å². The van der Waals surface area contributed by atoms with Crippen molar-refractivity contribution in [3.63, 3.8) is 0 Å². The van der Waals surface area contributed by atoms with Crippen LogP contribution in [0.5, 0.6) is 0 Å². The SMILES string of the molecule is COCCN(c1ncnc(Cl)c1CCl)C1CC1. The second-order valence-electron chi connectivity index (χ2n) is 4.02. The fourth-order valence-electron chi connectivity index (χ4n) is 1.78. The van der Waals surface area contributed by atoms with Crippen LogP contribution in [0.1, 0.15) is 18.4 Å². The van der Waals surface area contributed by atoms with E-state index in [2.05, 4.69) is 14.9 Å². The molecule has 4 nitrogen and oxygen atoms in total. The van der Waals surface area contributed by atoms with Crippen molar-refractivity contribution in [1.82, 2.24) is 9.97 Å². The van der Waals surface area contributed by atoms with Gasteiger partial charge >= 0.3 is 0 Å². The molecule has 94 valence electrons. The molecule has 1 aromatic heterocycles. The Morgan fingerprint density at radius 1 is 1.47 bits per heavy atom. The molecule has 0 aromatic carbocycles. The van der Waals surface area contributed by atoms with E-state index in [-0.39, 0.29) is 0 Å². The van der Waals surface area contributed by atoms with Gasteiger partial charge in [0.15, 0.2) is 0 Å². The van der Waals surface area contributed by atoms with Gasteiger partial charge in [-0.25, -0.2) is 9.97 Å². The molecule has 0 amide bonds. The standard InChI is InChI=1S/C11H15Cl2N3O/c1-17-5-4-16(8-2-3-8)11-9(6-12)10(13)14-7-15-11/h7-8H,2-6H2,1H3. The summed E-state index contributed by atoms with van der Waals surface area (Å²) in [6, 6.07) is 0.540. The molecule has 0 spiro atoms. The molecule has 1 saturated carbocycles. The summed E-state index contributed by atoms with van der Waals surface area (Å²) in [4.78, 5) is 10.5. The quantitative estimate of drug-likeness (QED) is 0.591. The minimum Gasteiger partial charge on any atom is -0.383 e. The van der Waals surface area contributed by atoms with Crippen LogP contribution in [0.15, 0.2) is 6.33 Å². The van der Waals surface area contributed by atoms with Gasteiger partial charge in [0.05, 0.1) is 12.5 Å². The Morgan fingerprint density at radius 2 is 2.24 bits per heavy atom. The largest absolute Gasteiger partial charge is 0.383 e. The van der Waals surface area contributed by atoms with E-state index in [0.717, 1.165) is 17.9 Å². The van der Waals surface area contributed by atoms with E-state index in [4.69, 9.17) is 27.9 Å². The third-order valence-corrected chi connectivity index (χ3v) is 3.39. The second-order valence-corrected chi connectivity index (χ2v) is 4.64. The number of ether oxygens (including phenoxy) is 1. The number of anilines is 1. The summed E-state index contributed by atoms with van der Waals surface area (Å²) >= 11 is 12.0. The van der Waals surface area contributed by atoms with Crippen molar-refractivity contribution < 1.29 is 4.74 Å². The Hall–Kier alpha value is -0.580. The molecule has 0 bridgehead atoms. The molecule has 0 saturated heterocycles. The molecule has 1 aliphatic rings. The Bertz CT molecular complexity index is 385. The van der Waals surface area contributed by atoms with Crippen molar-refractivity contribution in [2.24, 2.45) is 0 Å². The number of halogens is 2. The van der Waals surface area contributed by atoms with Crippen LogP contribution < -0.4 is 4.90 Å². The van der Waals surface area contributed by atoms with Crippen molar-refractivity contribution in [3.05, 3.63) is 17.0 Å². The maximum atomic E-state index is 6.04. The third-order valence-electron chi connectivity index (χ3n) is 2.80. The zero-order valence-corrected chi connectivity index (χ0v) is 11.2. The van der Waals surface area contributed by atoms with Crippen molar-refractivity contribution >= 4 is 29.0 Å². The van der Waals surface area contributed by atoms with E-state index in [1.807, 2.05) is 0 Å². The number of aromatic nitrogens is 2. The van der Waals surface area contributed by atoms with Crippen molar-refractivity contribution in [3.8, 4) is 0 Å². The summed E-state index contributed by atoms with van der Waals surface area (Å²) in [7, 11) is 1.69. The Kier molecular flexibility index (Phi) is 4.42. The van der Waals surface area contributed by atoms with E-state index >= 15 is 0 Å². The van der Waals surface area contributed by atoms with E-state index in [1.54, 1.807) is 7.11 Å². The average Bonchev–Trinajstić information content (AvgIpc) is 3.14. The molecule has 1 aliphatic carbocycles. The van der Waals surface area contributed by atoms with Gasteiger partial charge in [-0.1, -0.05) is 11.6 Å². The van der Waals surface area contributed by atoms with Gasteiger partial charge in [0.25, 0.3) is 0 Å². The summed E-state index contributed by atoms with van der Waals surface area (Å²) < 4.78 is 5.12. The van der Waals surface area contributed by atoms with E-state index in [1.165, 1.54) is 19.2 Å². The number of rotatable bonds is 6. The van der Waals surface area contributed by atoms with Gasteiger partial charge < -0.3 is 9.64 Å². The van der Waals surface area contributed by atoms with Crippen LogP contribution in [-0.4, -0.2) is 36.3 Å². The lowest BCUT2D eigenvalue weighted by molar-refractivity contribution is 0.204. The molecule has 0 unspecified atom stereocenters. The molecule has 6 heteroatoms. The maximum Gasteiger partial charge on any atom is 0.138 e. The second kappa shape index (κ2) is 5.85. The van der Waals surface area contributed by atoms with Crippen LogP contribution >= 0.6 is 23.2 Å². The van der Waals surface area contributed by atoms with Crippen LogP contribution in [0, 0.1) is 0 Å². The lowest BCUT2D eigenvalue weighted by atomic mass is 10.3. The summed E-state index contributed by atoms with van der Waals surface area (Å²) in [5.74, 6) is 1.17. The Morgan fingerprint density at radius 3 is 2.82 bits per heavy atom. The lowest BCUT2D eigenvalue weighted by Crippen LogP contribution is -2.31. The highest BCUT2D eigenvalue weighted by atomic mass is 35.5. The molecule has 0 aliphatic heterocycles. The summed E-state index contributed by atoms with van der Waals surface area (Å²) in [5, 5.41) is 0.438. The minimum absolute atomic E-state index is 0.325. The molecular weight excluding hydrogens is 261 g/mol. The van der Waals surface area contributed by atoms with Crippen LogP contribution in [0.3, 0.4) is 0 Å². The Balaban J connectivity index is 2.25. The summed E-state index contributed by atoms with van der Waals surface area (Å²) in [5.41, 5.74) is 0.804. The number of nitrogens with zero attached hydrogens (tertiary/aromatic N) is 3. The van der Waals surface area contributed by atoms with Gasteiger partial charge in [0.1, 0.15) is 17.3 Å². The summed E-state index contributed by atoms with van der Waals surface area (Å²) in [6.07, 6.45) is 3.86. The number of methoxy groups -OCH3 is 1. The highest BCUT2D eigenvalue weighted by molar-refractivity contribution is 6.31. The number of hydrogen-bond donors (Lipinski definition) is 0. The highest BCUT2D eigenvalue weighted by Crippen LogP contribution is 2.34. The molecule has 2 rings (SSSR count). The van der Waals surface area contributed by atoms with Crippen LogP contribution in [0.2, 0.25) is 5.15 Å². The number of alkyl halides is 1. The van der Waals surface area contributed by atoms with Crippen LogP contribution in [-0.2, 0) is 10.6 Å². The zero-order chi connectivity index (χ0) is 12.3. The maximum absolute atomic E-state index is 6.04. The predicted octanol–water partition coefficient (Wildman–Crippen LogP) is 2.48. The topological polar surface area (TPSA) is 38.2 Å². The minimum atomic E-state index is 0.325. The van der Waals surface area contributed by atoms with Gasteiger partial charge in [-0.05, 0) is 12.8 Å². The molecule has 1 heterocycles. The average molecular weight is 276 g/mol. The third kappa shape index (κ3) is 3.00. The normalized spacial score (nSPS) is 15.0. The Labute approximate surface area is 111 Å². The molecule has 1 aromatic rings. The first-order valence-corrected chi connectivity index (χ1v) is 6.50. The first-order chi connectivity index (χ1) is 8.27. The van der Waals surface area contributed by atoms with E-state index in [0.29, 0.717) is 23.7 Å². The lowest BCUT2D eigenvalue weighted by Gasteiger charge is -2.25. The zero-order valence-electron chi connectivity index (χ0n) is 9.70. The van der Waals surface area contributed by atoms with Crippen LogP contribution in [0.25, 0.3) is 0 Å². The smallest absolute Gasteiger partial charge is 0.138 e. The van der Waals surface area contributed by atoms with Gasteiger partial charge in [-0.3, -0.25) is 0 Å². The van der Waals surface area contributed by atoms with E-state index in [9.17, 15) is 0 Å². The van der Waals surface area contributed by atoms with Gasteiger partial charge in [-0.15, -0.1) is 11.6 Å². The fourth-order valence-corrected chi connectivity index (χ4v) is 2.29. The molecular formula is C11H15Cl2N3O. The molecule has 17 heavy (non-hydrogen) atoms. The van der Waals surface area contributed by atoms with Crippen molar-refractivity contribution in [2.75, 3.05) is 25.2 Å². The predicted molar refractivity (Wildman–Crippen MR) is 68.8 cm³/mol. The fraction of sp³-hybridized carbons (Fsp3) is 0.636. The molecule has 1 fully saturated rings. The molecule has 0 atom stereocenters. The van der Waals surface area contributed by atoms with Gasteiger partial charge in [0.2, 0.25) is 0 Å².